The van der Waals surface area contributed by atoms with Crippen molar-refractivity contribution >= 4 is 5.91 Å². The largest absolute Gasteiger partial charge is 0.494 e. The van der Waals surface area contributed by atoms with Gasteiger partial charge >= 0.3 is 0 Å². The predicted molar refractivity (Wildman–Crippen MR) is 102 cm³/mol. The maximum absolute atomic E-state index is 12.6. The molecule has 1 heterocycles. The van der Waals surface area contributed by atoms with Gasteiger partial charge < -0.3 is 14.1 Å². The summed E-state index contributed by atoms with van der Waals surface area (Å²) in [5.41, 5.74) is 2.60. The van der Waals surface area contributed by atoms with E-state index in [4.69, 9.17) is 9.15 Å². The van der Waals surface area contributed by atoms with Gasteiger partial charge in [-0.1, -0.05) is 24.6 Å². The number of rotatable bonds is 7. The second kappa shape index (κ2) is 8.49. The van der Waals surface area contributed by atoms with Gasteiger partial charge in [-0.2, -0.15) is 0 Å². The second-order valence-corrected chi connectivity index (χ2v) is 6.40. The second-order valence-electron chi connectivity index (χ2n) is 6.40. The van der Waals surface area contributed by atoms with E-state index >= 15 is 0 Å². The molecule has 0 spiro atoms. The van der Waals surface area contributed by atoms with Crippen LogP contribution in [0.1, 0.15) is 35.2 Å². The molecule has 0 aliphatic heterocycles. The Balaban J connectivity index is 1.63. The first-order chi connectivity index (χ1) is 13.1. The van der Waals surface area contributed by atoms with E-state index in [2.05, 4.69) is 17.1 Å². The first-order valence-electron chi connectivity index (χ1n) is 8.94. The number of ether oxygens (including phenoxy) is 1. The van der Waals surface area contributed by atoms with Gasteiger partial charge in [-0.3, -0.25) is 4.79 Å². The topological polar surface area (TPSA) is 68.5 Å². The summed E-state index contributed by atoms with van der Waals surface area (Å²) in [7, 11) is 1.71. The molecule has 0 N–H and O–H groups in total. The molecule has 1 amide bonds. The summed E-state index contributed by atoms with van der Waals surface area (Å²) in [6.07, 6.45) is 0.943. The van der Waals surface area contributed by atoms with Crippen LogP contribution < -0.4 is 4.74 Å². The Kier molecular flexibility index (Phi) is 5.86. The van der Waals surface area contributed by atoms with E-state index in [0.717, 1.165) is 23.3 Å². The molecule has 0 atom stereocenters. The van der Waals surface area contributed by atoms with Gasteiger partial charge in [-0.25, -0.2) is 0 Å². The van der Waals surface area contributed by atoms with E-state index in [1.807, 2.05) is 31.2 Å². The van der Waals surface area contributed by atoms with E-state index in [9.17, 15) is 4.79 Å². The van der Waals surface area contributed by atoms with Crippen LogP contribution in [0, 0.1) is 6.92 Å². The SMILES string of the molecule is CCCOc1ccc(C(=O)N(C)Cc2nnc(-c3ccc(C)cc3)o2)cc1. The van der Waals surface area contributed by atoms with Gasteiger partial charge in [0.2, 0.25) is 11.8 Å². The number of aromatic nitrogens is 2. The molecular weight excluding hydrogens is 342 g/mol. The number of hydrogen-bond acceptors (Lipinski definition) is 5. The lowest BCUT2D eigenvalue weighted by Gasteiger charge is -2.15. The number of nitrogens with zero attached hydrogens (tertiary/aromatic N) is 3. The third kappa shape index (κ3) is 4.73. The third-order valence-corrected chi connectivity index (χ3v) is 4.06. The fraction of sp³-hybridized carbons (Fsp3) is 0.286. The number of aryl methyl sites for hydroxylation is 1. The Morgan fingerprint density at radius 2 is 1.78 bits per heavy atom. The monoisotopic (exact) mass is 365 g/mol. The van der Waals surface area contributed by atoms with Crippen LogP contribution in [0.2, 0.25) is 0 Å². The van der Waals surface area contributed by atoms with Gasteiger partial charge in [0.15, 0.2) is 0 Å². The molecule has 3 rings (SSSR count). The van der Waals surface area contributed by atoms with Gasteiger partial charge in [-0.05, 0) is 49.7 Å². The maximum atomic E-state index is 12.6. The lowest BCUT2D eigenvalue weighted by Crippen LogP contribution is -2.26. The Morgan fingerprint density at radius 3 is 2.44 bits per heavy atom. The van der Waals surface area contributed by atoms with Crippen LogP contribution >= 0.6 is 0 Å². The van der Waals surface area contributed by atoms with Gasteiger partial charge in [0.1, 0.15) is 5.75 Å². The molecule has 27 heavy (non-hydrogen) atoms. The molecule has 0 saturated carbocycles. The molecule has 6 nitrogen and oxygen atoms in total. The Bertz CT molecular complexity index is 886. The van der Waals surface area contributed by atoms with Crippen molar-refractivity contribution in [3.05, 3.63) is 65.5 Å². The molecule has 0 saturated heterocycles. The van der Waals surface area contributed by atoms with Crippen molar-refractivity contribution in [3.63, 3.8) is 0 Å². The zero-order valence-electron chi connectivity index (χ0n) is 15.8. The normalized spacial score (nSPS) is 10.6. The van der Waals surface area contributed by atoms with Gasteiger partial charge in [0.05, 0.1) is 13.2 Å². The van der Waals surface area contributed by atoms with Crippen LogP contribution in [0.3, 0.4) is 0 Å². The van der Waals surface area contributed by atoms with Crippen LogP contribution in [0.15, 0.2) is 52.9 Å². The molecule has 0 radical (unpaired) electrons. The van der Waals surface area contributed by atoms with Crippen LogP contribution in [0.4, 0.5) is 0 Å². The molecule has 0 unspecified atom stereocenters. The summed E-state index contributed by atoms with van der Waals surface area (Å²) in [4.78, 5) is 14.1. The average molecular weight is 365 g/mol. The summed E-state index contributed by atoms with van der Waals surface area (Å²) in [5, 5.41) is 8.12. The molecule has 0 aliphatic rings. The Hall–Kier alpha value is -3.15. The number of amides is 1. The molecule has 0 fully saturated rings. The third-order valence-electron chi connectivity index (χ3n) is 4.06. The van der Waals surface area contributed by atoms with Crippen molar-refractivity contribution in [2.45, 2.75) is 26.8 Å². The first kappa shape index (κ1) is 18.6. The molecule has 0 aliphatic carbocycles. The fourth-order valence-corrected chi connectivity index (χ4v) is 2.54. The predicted octanol–water partition coefficient (Wildman–Crippen LogP) is 4.11. The lowest BCUT2D eigenvalue weighted by molar-refractivity contribution is 0.0773. The minimum absolute atomic E-state index is 0.118. The van der Waals surface area contributed by atoms with E-state index in [1.54, 1.807) is 36.2 Å². The van der Waals surface area contributed by atoms with Crippen LogP contribution in [-0.4, -0.2) is 34.7 Å². The van der Waals surface area contributed by atoms with Crippen molar-refractivity contribution in [1.82, 2.24) is 15.1 Å². The van der Waals surface area contributed by atoms with Gasteiger partial charge in [0.25, 0.3) is 5.91 Å². The summed E-state index contributed by atoms with van der Waals surface area (Å²) in [6.45, 7) is 4.97. The Labute approximate surface area is 158 Å². The number of hydrogen-bond donors (Lipinski definition) is 0. The van der Waals surface area contributed by atoms with Crippen LogP contribution in [0.25, 0.3) is 11.5 Å². The zero-order valence-corrected chi connectivity index (χ0v) is 15.8. The van der Waals surface area contributed by atoms with E-state index in [1.165, 1.54) is 0 Å². The minimum atomic E-state index is -0.118. The van der Waals surface area contributed by atoms with Crippen LogP contribution in [-0.2, 0) is 6.54 Å². The maximum Gasteiger partial charge on any atom is 0.254 e. The smallest absolute Gasteiger partial charge is 0.254 e. The fourth-order valence-electron chi connectivity index (χ4n) is 2.54. The molecule has 0 bridgehead atoms. The zero-order chi connectivity index (χ0) is 19.2. The molecule has 6 heteroatoms. The average Bonchev–Trinajstić information content (AvgIpc) is 3.15. The molecule has 2 aromatic carbocycles. The molecule has 140 valence electrons. The lowest BCUT2D eigenvalue weighted by atomic mass is 10.1. The summed E-state index contributed by atoms with van der Waals surface area (Å²) < 4.78 is 11.2. The summed E-state index contributed by atoms with van der Waals surface area (Å²) in [5.74, 6) is 1.48. The number of benzene rings is 2. The van der Waals surface area contributed by atoms with Crippen molar-refractivity contribution in [2.24, 2.45) is 0 Å². The highest BCUT2D eigenvalue weighted by atomic mass is 16.5. The van der Waals surface area contributed by atoms with E-state index in [0.29, 0.717) is 24.0 Å². The first-order valence-corrected chi connectivity index (χ1v) is 8.94. The highest BCUT2D eigenvalue weighted by Gasteiger charge is 2.16. The number of carbonyl (C=O) groups excluding carboxylic acids is 1. The Morgan fingerprint density at radius 1 is 1.07 bits per heavy atom. The standard InChI is InChI=1S/C21H23N3O3/c1-4-13-26-18-11-9-17(10-12-18)21(25)24(3)14-19-22-23-20(27-19)16-7-5-15(2)6-8-16/h5-12H,4,13-14H2,1-3H3. The van der Waals surface area contributed by atoms with Crippen molar-refractivity contribution in [3.8, 4) is 17.2 Å². The van der Waals surface area contributed by atoms with E-state index < -0.39 is 0 Å². The summed E-state index contributed by atoms with van der Waals surface area (Å²) >= 11 is 0. The number of carbonyl (C=O) groups is 1. The highest BCUT2D eigenvalue weighted by Crippen LogP contribution is 2.19. The minimum Gasteiger partial charge on any atom is -0.494 e. The van der Waals surface area contributed by atoms with Crippen LogP contribution in [0.5, 0.6) is 5.75 Å². The molecular formula is C21H23N3O3. The van der Waals surface area contributed by atoms with Gasteiger partial charge in [0, 0.05) is 18.2 Å². The highest BCUT2D eigenvalue weighted by molar-refractivity contribution is 5.94. The molecule has 3 aromatic rings. The van der Waals surface area contributed by atoms with Crippen molar-refractivity contribution in [2.75, 3.05) is 13.7 Å². The van der Waals surface area contributed by atoms with Crippen molar-refractivity contribution < 1.29 is 13.9 Å². The molecule has 1 aromatic heterocycles. The van der Waals surface area contributed by atoms with Gasteiger partial charge in [-0.15, -0.1) is 10.2 Å². The quantitative estimate of drug-likeness (QED) is 0.630. The van der Waals surface area contributed by atoms with E-state index in [-0.39, 0.29) is 12.5 Å². The van der Waals surface area contributed by atoms with Crippen molar-refractivity contribution in [1.29, 1.82) is 0 Å². The summed E-state index contributed by atoms with van der Waals surface area (Å²) in [6, 6.07) is 15.0.